The van der Waals surface area contributed by atoms with Crippen molar-refractivity contribution < 1.29 is 8.78 Å². The highest BCUT2D eigenvalue weighted by Gasteiger charge is 2.27. The molecule has 2 nitrogen and oxygen atoms in total. The molecule has 1 aliphatic rings. The van der Waals surface area contributed by atoms with Crippen LogP contribution in [0.1, 0.15) is 17.2 Å². The van der Waals surface area contributed by atoms with E-state index in [2.05, 4.69) is 10.2 Å². The summed E-state index contributed by atoms with van der Waals surface area (Å²) in [7, 11) is 0. The molecule has 21 heavy (non-hydrogen) atoms. The Morgan fingerprint density at radius 1 is 0.810 bits per heavy atom. The lowest BCUT2D eigenvalue weighted by Crippen LogP contribution is -2.45. The predicted octanol–water partition coefficient (Wildman–Crippen LogP) is 2.96. The zero-order valence-electron chi connectivity index (χ0n) is 11.7. The van der Waals surface area contributed by atoms with Crippen LogP contribution in [0.3, 0.4) is 0 Å². The summed E-state index contributed by atoms with van der Waals surface area (Å²) in [6, 6.07) is 12.9. The van der Waals surface area contributed by atoms with Crippen LogP contribution in [-0.4, -0.2) is 31.1 Å². The first-order valence-electron chi connectivity index (χ1n) is 7.21. The monoisotopic (exact) mass is 288 g/mol. The number of hydrogen-bond donors (Lipinski definition) is 1. The molecule has 1 aliphatic heterocycles. The van der Waals surface area contributed by atoms with Crippen LogP contribution in [0.4, 0.5) is 8.78 Å². The third-order valence-corrected chi connectivity index (χ3v) is 3.92. The molecule has 110 valence electrons. The zero-order chi connectivity index (χ0) is 14.7. The lowest BCUT2D eigenvalue weighted by molar-refractivity contribution is 0.192. The average Bonchev–Trinajstić information content (AvgIpc) is 2.52. The zero-order valence-corrected chi connectivity index (χ0v) is 11.7. The highest BCUT2D eigenvalue weighted by molar-refractivity contribution is 5.34. The van der Waals surface area contributed by atoms with Gasteiger partial charge in [-0.05, 0) is 12.1 Å². The summed E-state index contributed by atoms with van der Waals surface area (Å²) in [6.45, 7) is 3.21. The minimum atomic E-state index is -0.380. The molecule has 2 aromatic carbocycles. The molecule has 0 unspecified atom stereocenters. The van der Waals surface area contributed by atoms with Gasteiger partial charge in [0, 0.05) is 37.3 Å². The van der Waals surface area contributed by atoms with Crippen molar-refractivity contribution in [2.45, 2.75) is 6.04 Å². The molecule has 0 saturated carbocycles. The molecular weight excluding hydrogens is 270 g/mol. The van der Waals surface area contributed by atoms with E-state index in [1.807, 2.05) is 0 Å². The van der Waals surface area contributed by atoms with Crippen molar-refractivity contribution in [3.63, 3.8) is 0 Å². The van der Waals surface area contributed by atoms with Gasteiger partial charge in [-0.25, -0.2) is 8.78 Å². The molecule has 2 aromatic rings. The SMILES string of the molecule is Fc1ccccc1C(c1ccccc1F)N1CCNCC1. The first-order chi connectivity index (χ1) is 10.3. The summed E-state index contributed by atoms with van der Waals surface area (Å²) in [5, 5.41) is 3.27. The highest BCUT2D eigenvalue weighted by atomic mass is 19.1. The fraction of sp³-hybridized carbons (Fsp3) is 0.294. The lowest BCUT2D eigenvalue weighted by Gasteiger charge is -2.35. The molecule has 0 aliphatic carbocycles. The Balaban J connectivity index is 2.07. The minimum Gasteiger partial charge on any atom is -0.314 e. The summed E-state index contributed by atoms with van der Waals surface area (Å²) in [5.41, 5.74) is 1.06. The van der Waals surface area contributed by atoms with Crippen molar-refractivity contribution in [2.75, 3.05) is 26.2 Å². The van der Waals surface area contributed by atoms with Crippen LogP contribution in [-0.2, 0) is 0 Å². The second-order valence-electron chi connectivity index (χ2n) is 5.23. The number of piperazine rings is 1. The highest BCUT2D eigenvalue weighted by Crippen LogP contribution is 2.32. The summed E-state index contributed by atoms with van der Waals surface area (Å²) in [4.78, 5) is 2.13. The van der Waals surface area contributed by atoms with Gasteiger partial charge in [0.05, 0.1) is 6.04 Å². The number of halogens is 2. The van der Waals surface area contributed by atoms with Gasteiger partial charge in [0.2, 0.25) is 0 Å². The van der Waals surface area contributed by atoms with Crippen LogP contribution in [0, 0.1) is 11.6 Å². The van der Waals surface area contributed by atoms with Gasteiger partial charge in [0.25, 0.3) is 0 Å². The maximum absolute atomic E-state index is 14.2. The van der Waals surface area contributed by atoms with E-state index in [1.54, 1.807) is 36.4 Å². The van der Waals surface area contributed by atoms with Crippen LogP contribution in [0.15, 0.2) is 48.5 Å². The fourth-order valence-corrected chi connectivity index (χ4v) is 2.89. The number of nitrogens with zero attached hydrogens (tertiary/aromatic N) is 1. The molecule has 0 aromatic heterocycles. The first-order valence-corrected chi connectivity index (χ1v) is 7.21. The van der Waals surface area contributed by atoms with E-state index >= 15 is 0 Å². The fourth-order valence-electron chi connectivity index (χ4n) is 2.89. The van der Waals surface area contributed by atoms with Gasteiger partial charge in [-0.15, -0.1) is 0 Å². The van der Waals surface area contributed by atoms with Crippen LogP contribution in [0.2, 0.25) is 0 Å². The maximum Gasteiger partial charge on any atom is 0.128 e. The average molecular weight is 288 g/mol. The normalized spacial score (nSPS) is 16.3. The van der Waals surface area contributed by atoms with E-state index in [-0.39, 0.29) is 17.7 Å². The van der Waals surface area contributed by atoms with E-state index in [1.165, 1.54) is 12.1 Å². The Kier molecular flexibility index (Phi) is 4.27. The Labute approximate surface area is 123 Å². The molecule has 0 bridgehead atoms. The van der Waals surface area contributed by atoms with E-state index in [9.17, 15) is 8.78 Å². The van der Waals surface area contributed by atoms with Gasteiger partial charge < -0.3 is 5.32 Å². The van der Waals surface area contributed by atoms with Crippen LogP contribution >= 0.6 is 0 Å². The van der Waals surface area contributed by atoms with Gasteiger partial charge in [-0.1, -0.05) is 36.4 Å². The topological polar surface area (TPSA) is 15.3 Å². The lowest BCUT2D eigenvalue weighted by atomic mass is 9.95. The molecule has 1 fully saturated rings. The maximum atomic E-state index is 14.2. The van der Waals surface area contributed by atoms with Crippen LogP contribution in [0.25, 0.3) is 0 Å². The molecule has 3 rings (SSSR count). The largest absolute Gasteiger partial charge is 0.314 e. The van der Waals surface area contributed by atoms with Crippen molar-refractivity contribution >= 4 is 0 Å². The smallest absolute Gasteiger partial charge is 0.128 e. The van der Waals surface area contributed by atoms with Gasteiger partial charge in [-0.2, -0.15) is 0 Å². The van der Waals surface area contributed by atoms with Crippen molar-refractivity contribution in [3.05, 3.63) is 71.3 Å². The molecule has 0 radical (unpaired) electrons. The Morgan fingerprint density at radius 3 is 1.76 bits per heavy atom. The van der Waals surface area contributed by atoms with E-state index in [0.717, 1.165) is 26.2 Å². The van der Waals surface area contributed by atoms with Gasteiger partial charge >= 0.3 is 0 Å². The summed E-state index contributed by atoms with van der Waals surface area (Å²) in [5.74, 6) is -0.575. The molecule has 0 amide bonds. The quantitative estimate of drug-likeness (QED) is 0.934. The molecule has 4 heteroatoms. The van der Waals surface area contributed by atoms with Gasteiger partial charge in [0.15, 0.2) is 0 Å². The molecule has 1 saturated heterocycles. The third-order valence-electron chi connectivity index (χ3n) is 3.92. The summed E-state index contributed by atoms with van der Waals surface area (Å²) >= 11 is 0. The molecule has 1 N–H and O–H groups in total. The van der Waals surface area contributed by atoms with Crippen molar-refractivity contribution in [2.24, 2.45) is 0 Å². The summed E-state index contributed by atoms with van der Waals surface area (Å²) in [6.07, 6.45) is 0. The van der Waals surface area contributed by atoms with E-state index in [4.69, 9.17) is 0 Å². The summed E-state index contributed by atoms with van der Waals surface area (Å²) < 4.78 is 28.5. The van der Waals surface area contributed by atoms with Crippen molar-refractivity contribution in [1.29, 1.82) is 0 Å². The van der Waals surface area contributed by atoms with Gasteiger partial charge in [-0.3, -0.25) is 4.90 Å². The first kappa shape index (κ1) is 14.2. The molecular formula is C17H18F2N2. The van der Waals surface area contributed by atoms with E-state index < -0.39 is 0 Å². The van der Waals surface area contributed by atoms with E-state index in [0.29, 0.717) is 11.1 Å². The number of hydrogen-bond acceptors (Lipinski definition) is 2. The predicted molar refractivity (Wildman–Crippen MR) is 79.1 cm³/mol. The molecule has 0 spiro atoms. The number of rotatable bonds is 3. The number of benzene rings is 2. The Hall–Kier alpha value is -1.78. The second-order valence-corrected chi connectivity index (χ2v) is 5.23. The van der Waals surface area contributed by atoms with Gasteiger partial charge in [0.1, 0.15) is 11.6 Å². The molecule has 1 heterocycles. The third kappa shape index (κ3) is 2.96. The minimum absolute atomic E-state index is 0.288. The number of nitrogens with one attached hydrogen (secondary N) is 1. The Bertz CT molecular complexity index is 564. The van der Waals surface area contributed by atoms with Crippen LogP contribution in [0.5, 0.6) is 0 Å². The van der Waals surface area contributed by atoms with Crippen molar-refractivity contribution in [1.82, 2.24) is 10.2 Å². The standard InChI is InChI=1S/C17H18F2N2/c18-15-7-3-1-5-13(15)17(21-11-9-20-10-12-21)14-6-2-4-8-16(14)19/h1-8,17,20H,9-12H2. The van der Waals surface area contributed by atoms with Crippen molar-refractivity contribution in [3.8, 4) is 0 Å². The Morgan fingerprint density at radius 2 is 1.29 bits per heavy atom. The van der Waals surface area contributed by atoms with Crippen LogP contribution < -0.4 is 5.32 Å². The second kappa shape index (κ2) is 6.33. The molecule has 0 atom stereocenters.